The zero-order chi connectivity index (χ0) is 13.1. The second-order valence-electron chi connectivity index (χ2n) is 3.91. The molecule has 6 heteroatoms. The number of nitrogens with zero attached hydrogens (tertiary/aromatic N) is 1. The molecule has 0 radical (unpaired) electrons. The fraction of sp³-hybridized carbons (Fsp3) is 0.333. The average molecular weight is 249 g/mol. The minimum absolute atomic E-state index is 0.162. The number of benzene rings is 1. The second-order valence-corrected chi connectivity index (χ2v) is 3.91. The molecular formula is C12H15N3O3. The van der Waals surface area contributed by atoms with E-state index in [2.05, 4.69) is 4.98 Å². The lowest BCUT2D eigenvalue weighted by atomic mass is 10.3. The molecule has 0 fully saturated rings. The van der Waals surface area contributed by atoms with E-state index in [-0.39, 0.29) is 24.6 Å². The minimum atomic E-state index is -0.317. The van der Waals surface area contributed by atoms with Crippen molar-refractivity contribution < 1.29 is 9.53 Å². The molecule has 96 valence electrons. The summed E-state index contributed by atoms with van der Waals surface area (Å²) in [6.07, 6.45) is 0.162. The molecule has 0 unspecified atom stereocenters. The molecule has 0 aliphatic rings. The van der Waals surface area contributed by atoms with E-state index in [4.69, 9.17) is 10.5 Å². The average Bonchev–Trinajstić information content (AvgIpc) is 2.62. The van der Waals surface area contributed by atoms with Crippen molar-refractivity contribution in [3.05, 3.63) is 28.7 Å². The van der Waals surface area contributed by atoms with Crippen LogP contribution in [-0.4, -0.2) is 22.1 Å². The van der Waals surface area contributed by atoms with Crippen LogP contribution in [0.3, 0.4) is 0 Å². The van der Waals surface area contributed by atoms with Crippen molar-refractivity contribution in [1.82, 2.24) is 9.55 Å². The topological polar surface area (TPSA) is 90.1 Å². The number of carbonyl (C=O) groups excluding carboxylic acids is 1. The van der Waals surface area contributed by atoms with Gasteiger partial charge in [-0.1, -0.05) is 0 Å². The SMILES string of the molecule is CCOC(=O)CCn1c(=O)[nH]c2ccc(N)cc21. The molecule has 0 spiro atoms. The highest BCUT2D eigenvalue weighted by atomic mass is 16.5. The van der Waals surface area contributed by atoms with Crippen LogP contribution in [0.4, 0.5) is 5.69 Å². The van der Waals surface area contributed by atoms with Gasteiger partial charge in [-0.2, -0.15) is 0 Å². The molecular weight excluding hydrogens is 234 g/mol. The third-order valence-electron chi connectivity index (χ3n) is 2.64. The largest absolute Gasteiger partial charge is 0.466 e. The van der Waals surface area contributed by atoms with E-state index in [1.165, 1.54) is 4.57 Å². The molecule has 0 atom stereocenters. The van der Waals surface area contributed by atoms with E-state index in [0.717, 1.165) is 0 Å². The fourth-order valence-corrected chi connectivity index (χ4v) is 1.83. The molecule has 2 aromatic rings. The number of anilines is 1. The van der Waals surface area contributed by atoms with Gasteiger partial charge in [0.25, 0.3) is 0 Å². The Morgan fingerprint density at radius 2 is 2.28 bits per heavy atom. The summed E-state index contributed by atoms with van der Waals surface area (Å²) >= 11 is 0. The maximum Gasteiger partial charge on any atom is 0.326 e. The molecule has 1 aromatic carbocycles. The van der Waals surface area contributed by atoms with Crippen LogP contribution < -0.4 is 11.4 Å². The van der Waals surface area contributed by atoms with Crippen LogP contribution in [0.1, 0.15) is 13.3 Å². The molecule has 0 aliphatic carbocycles. The van der Waals surface area contributed by atoms with Gasteiger partial charge in [0.15, 0.2) is 0 Å². The Kier molecular flexibility index (Phi) is 3.36. The molecule has 0 amide bonds. The van der Waals surface area contributed by atoms with Gasteiger partial charge in [0.1, 0.15) is 0 Å². The molecule has 2 rings (SSSR count). The highest BCUT2D eigenvalue weighted by Crippen LogP contribution is 2.14. The van der Waals surface area contributed by atoms with Crippen molar-refractivity contribution in [2.75, 3.05) is 12.3 Å². The number of H-pyrrole nitrogens is 1. The summed E-state index contributed by atoms with van der Waals surface area (Å²) in [7, 11) is 0. The van der Waals surface area contributed by atoms with Gasteiger partial charge in [-0.25, -0.2) is 4.79 Å². The summed E-state index contributed by atoms with van der Waals surface area (Å²) in [5, 5.41) is 0. The molecule has 18 heavy (non-hydrogen) atoms. The number of aromatic amines is 1. The van der Waals surface area contributed by atoms with E-state index in [1.807, 2.05) is 0 Å². The molecule has 3 N–H and O–H groups in total. The Balaban J connectivity index is 2.27. The van der Waals surface area contributed by atoms with Gasteiger partial charge >= 0.3 is 11.7 Å². The molecule has 1 heterocycles. The van der Waals surface area contributed by atoms with Gasteiger partial charge in [-0.3, -0.25) is 9.36 Å². The van der Waals surface area contributed by atoms with Crippen LogP contribution in [0, 0.1) is 0 Å². The van der Waals surface area contributed by atoms with Gasteiger partial charge in [-0.15, -0.1) is 0 Å². The Labute approximate surface area is 103 Å². The van der Waals surface area contributed by atoms with Crippen molar-refractivity contribution in [3.63, 3.8) is 0 Å². The minimum Gasteiger partial charge on any atom is -0.466 e. The van der Waals surface area contributed by atoms with Crippen molar-refractivity contribution in [2.45, 2.75) is 19.9 Å². The van der Waals surface area contributed by atoms with Crippen molar-refractivity contribution in [1.29, 1.82) is 0 Å². The number of esters is 1. The van der Waals surface area contributed by atoms with Crippen LogP contribution in [0.15, 0.2) is 23.0 Å². The maximum atomic E-state index is 11.7. The summed E-state index contributed by atoms with van der Waals surface area (Å²) < 4.78 is 6.32. The van der Waals surface area contributed by atoms with Crippen molar-refractivity contribution in [2.24, 2.45) is 0 Å². The quantitative estimate of drug-likeness (QED) is 0.621. The number of hydrogen-bond acceptors (Lipinski definition) is 4. The third kappa shape index (κ3) is 2.37. The fourth-order valence-electron chi connectivity index (χ4n) is 1.83. The molecule has 0 bridgehead atoms. The number of ether oxygens (including phenoxy) is 1. The smallest absolute Gasteiger partial charge is 0.326 e. The third-order valence-corrected chi connectivity index (χ3v) is 2.64. The number of nitrogens with two attached hydrogens (primary N) is 1. The monoisotopic (exact) mass is 249 g/mol. The van der Waals surface area contributed by atoms with E-state index >= 15 is 0 Å². The van der Waals surface area contributed by atoms with Crippen LogP contribution >= 0.6 is 0 Å². The number of carbonyl (C=O) groups is 1. The number of nitrogen functional groups attached to an aromatic ring is 1. The lowest BCUT2D eigenvalue weighted by molar-refractivity contribution is -0.143. The first-order valence-corrected chi connectivity index (χ1v) is 5.75. The summed E-state index contributed by atoms with van der Waals surface area (Å²) in [6, 6.07) is 5.17. The maximum absolute atomic E-state index is 11.7. The number of nitrogens with one attached hydrogen (secondary N) is 1. The Bertz CT molecular complexity index is 627. The zero-order valence-electron chi connectivity index (χ0n) is 10.1. The highest BCUT2D eigenvalue weighted by molar-refractivity contribution is 5.79. The number of fused-ring (bicyclic) bond motifs is 1. The van der Waals surface area contributed by atoms with Crippen molar-refractivity contribution >= 4 is 22.7 Å². The summed E-state index contributed by atoms with van der Waals surface area (Å²) in [6.45, 7) is 2.37. The van der Waals surface area contributed by atoms with Crippen LogP contribution in [0.25, 0.3) is 11.0 Å². The number of imidazole rings is 1. The Morgan fingerprint density at radius 1 is 1.50 bits per heavy atom. The first-order valence-electron chi connectivity index (χ1n) is 5.75. The molecule has 1 aromatic heterocycles. The summed E-state index contributed by atoms with van der Waals surface area (Å²) in [5.41, 5.74) is 7.42. The van der Waals surface area contributed by atoms with Gasteiger partial charge in [0.2, 0.25) is 0 Å². The molecule has 0 aliphatic heterocycles. The summed E-state index contributed by atoms with van der Waals surface area (Å²) in [5.74, 6) is -0.317. The van der Waals surface area contributed by atoms with E-state index < -0.39 is 0 Å². The highest BCUT2D eigenvalue weighted by Gasteiger charge is 2.09. The van der Waals surface area contributed by atoms with Crippen LogP contribution in [-0.2, 0) is 16.1 Å². The first-order chi connectivity index (χ1) is 8.61. The Morgan fingerprint density at radius 3 is 3.00 bits per heavy atom. The van der Waals surface area contributed by atoms with Gasteiger partial charge in [0.05, 0.1) is 24.1 Å². The summed E-state index contributed by atoms with van der Waals surface area (Å²) in [4.78, 5) is 25.7. The molecule has 0 saturated carbocycles. The number of aromatic nitrogens is 2. The predicted octanol–water partition coefficient (Wildman–Crippen LogP) is 0.865. The molecule has 6 nitrogen and oxygen atoms in total. The predicted molar refractivity (Wildman–Crippen MR) is 68.2 cm³/mol. The van der Waals surface area contributed by atoms with E-state index in [0.29, 0.717) is 23.3 Å². The lowest BCUT2D eigenvalue weighted by Gasteiger charge is -2.04. The second kappa shape index (κ2) is 4.95. The van der Waals surface area contributed by atoms with E-state index in [9.17, 15) is 9.59 Å². The zero-order valence-corrected chi connectivity index (χ0v) is 10.1. The standard InChI is InChI=1S/C12H15N3O3/c1-2-18-11(16)5-6-15-10-7-8(13)3-4-9(10)14-12(15)17/h3-4,7H,2,5-6,13H2,1H3,(H,14,17). The number of rotatable bonds is 4. The van der Waals surface area contributed by atoms with Gasteiger partial charge < -0.3 is 15.5 Å². The van der Waals surface area contributed by atoms with Crippen molar-refractivity contribution in [3.8, 4) is 0 Å². The normalized spacial score (nSPS) is 10.7. The van der Waals surface area contributed by atoms with Crippen LogP contribution in [0.2, 0.25) is 0 Å². The Hall–Kier alpha value is -2.24. The number of aryl methyl sites for hydroxylation is 1. The van der Waals surface area contributed by atoms with Crippen LogP contribution in [0.5, 0.6) is 0 Å². The first kappa shape index (κ1) is 12.2. The van der Waals surface area contributed by atoms with E-state index in [1.54, 1.807) is 25.1 Å². The molecule has 0 saturated heterocycles. The van der Waals surface area contributed by atoms with Gasteiger partial charge in [0, 0.05) is 12.2 Å². The lowest BCUT2D eigenvalue weighted by Crippen LogP contribution is -2.19. The number of hydrogen-bond donors (Lipinski definition) is 2. The van der Waals surface area contributed by atoms with Gasteiger partial charge in [-0.05, 0) is 25.1 Å².